The molecular weight excluding hydrogens is 314 g/mol. The first-order chi connectivity index (χ1) is 11.9. The molecule has 1 heterocycles. The number of hydrogen-bond donors (Lipinski definition) is 2. The van der Waals surface area contributed by atoms with E-state index < -0.39 is 0 Å². The van der Waals surface area contributed by atoms with Crippen molar-refractivity contribution in [2.24, 2.45) is 0 Å². The van der Waals surface area contributed by atoms with Gasteiger partial charge < -0.3 is 15.5 Å². The van der Waals surface area contributed by atoms with Crippen molar-refractivity contribution < 1.29 is 9.59 Å². The molecule has 1 saturated heterocycles. The summed E-state index contributed by atoms with van der Waals surface area (Å²) in [5.41, 5.74) is 4.97. The number of urea groups is 1. The van der Waals surface area contributed by atoms with Crippen LogP contribution in [0.1, 0.15) is 23.1 Å². The Labute approximate surface area is 148 Å². The number of hydrogen-bond acceptors (Lipinski definition) is 2. The summed E-state index contributed by atoms with van der Waals surface area (Å²) in [6.45, 7) is 6.48. The van der Waals surface area contributed by atoms with E-state index in [2.05, 4.69) is 16.7 Å². The number of nitrogens with zero attached hydrogens (tertiary/aromatic N) is 1. The number of anilines is 2. The molecule has 2 aromatic carbocycles. The van der Waals surface area contributed by atoms with Gasteiger partial charge in [-0.25, -0.2) is 4.79 Å². The quantitative estimate of drug-likeness (QED) is 0.900. The highest BCUT2D eigenvalue weighted by Crippen LogP contribution is 2.22. The molecule has 3 rings (SSSR count). The number of amides is 3. The van der Waals surface area contributed by atoms with E-state index in [4.69, 9.17) is 0 Å². The number of nitrogens with one attached hydrogen (secondary N) is 2. The fourth-order valence-corrected chi connectivity index (χ4v) is 3.18. The van der Waals surface area contributed by atoms with Crippen LogP contribution in [0, 0.1) is 20.8 Å². The van der Waals surface area contributed by atoms with Crippen LogP contribution >= 0.6 is 0 Å². The van der Waals surface area contributed by atoms with E-state index in [9.17, 15) is 9.59 Å². The summed E-state index contributed by atoms with van der Waals surface area (Å²) in [5.74, 6) is 0.0283. The fraction of sp³-hybridized carbons (Fsp3) is 0.300. The van der Waals surface area contributed by atoms with Crippen molar-refractivity contribution in [3.05, 3.63) is 59.2 Å². The zero-order valence-electron chi connectivity index (χ0n) is 14.8. The Morgan fingerprint density at radius 3 is 2.28 bits per heavy atom. The average Bonchev–Trinajstić information content (AvgIpc) is 2.87. The summed E-state index contributed by atoms with van der Waals surface area (Å²) < 4.78 is 0. The van der Waals surface area contributed by atoms with Gasteiger partial charge in [0.2, 0.25) is 5.91 Å². The van der Waals surface area contributed by atoms with Crippen LogP contribution in [0.2, 0.25) is 0 Å². The lowest BCUT2D eigenvalue weighted by molar-refractivity contribution is -0.117. The molecule has 0 bridgehead atoms. The third kappa shape index (κ3) is 4.18. The normalized spacial score (nSPS) is 16.8. The minimum Gasteiger partial charge on any atom is -0.333 e. The molecule has 1 atom stereocenters. The van der Waals surface area contributed by atoms with Crippen molar-refractivity contribution in [1.29, 1.82) is 0 Å². The number of carbonyl (C=O) groups is 2. The zero-order valence-corrected chi connectivity index (χ0v) is 14.8. The number of benzene rings is 2. The van der Waals surface area contributed by atoms with Gasteiger partial charge in [0, 0.05) is 24.3 Å². The van der Waals surface area contributed by atoms with Crippen molar-refractivity contribution in [3.8, 4) is 0 Å². The van der Waals surface area contributed by atoms with Crippen LogP contribution in [0.5, 0.6) is 0 Å². The lowest BCUT2D eigenvalue weighted by atomic mass is 10.1. The summed E-state index contributed by atoms with van der Waals surface area (Å²) in [6, 6.07) is 13.3. The maximum absolute atomic E-state index is 12.3. The number of aryl methyl sites for hydroxylation is 3. The third-order valence-electron chi connectivity index (χ3n) is 4.29. The molecule has 25 heavy (non-hydrogen) atoms. The monoisotopic (exact) mass is 337 g/mol. The van der Waals surface area contributed by atoms with Gasteiger partial charge in [-0.15, -0.1) is 0 Å². The molecule has 130 valence electrons. The second kappa shape index (κ2) is 6.97. The van der Waals surface area contributed by atoms with Gasteiger partial charge in [-0.05, 0) is 56.2 Å². The smallest absolute Gasteiger partial charge is 0.319 e. The van der Waals surface area contributed by atoms with Crippen molar-refractivity contribution >= 4 is 23.3 Å². The van der Waals surface area contributed by atoms with Gasteiger partial charge in [0.25, 0.3) is 0 Å². The summed E-state index contributed by atoms with van der Waals surface area (Å²) >= 11 is 0. The van der Waals surface area contributed by atoms with Crippen LogP contribution in [0.4, 0.5) is 16.2 Å². The van der Waals surface area contributed by atoms with E-state index in [1.807, 2.05) is 57.2 Å². The zero-order chi connectivity index (χ0) is 18.0. The Morgan fingerprint density at radius 2 is 1.64 bits per heavy atom. The first-order valence-electron chi connectivity index (χ1n) is 8.43. The van der Waals surface area contributed by atoms with Crippen LogP contribution in [0.15, 0.2) is 42.5 Å². The third-order valence-corrected chi connectivity index (χ3v) is 4.29. The van der Waals surface area contributed by atoms with Crippen LogP contribution in [0.3, 0.4) is 0 Å². The Hall–Kier alpha value is -2.82. The minimum absolute atomic E-state index is 0.0283. The second-order valence-electron chi connectivity index (χ2n) is 6.72. The Morgan fingerprint density at radius 1 is 1.00 bits per heavy atom. The molecule has 2 aromatic rings. The van der Waals surface area contributed by atoms with Crippen LogP contribution in [-0.2, 0) is 4.79 Å². The van der Waals surface area contributed by atoms with Crippen molar-refractivity contribution in [1.82, 2.24) is 5.32 Å². The van der Waals surface area contributed by atoms with Crippen LogP contribution in [-0.4, -0.2) is 24.5 Å². The van der Waals surface area contributed by atoms with Gasteiger partial charge in [-0.1, -0.05) is 23.8 Å². The van der Waals surface area contributed by atoms with E-state index in [0.717, 1.165) is 28.1 Å². The molecule has 1 aliphatic rings. The van der Waals surface area contributed by atoms with E-state index in [1.165, 1.54) is 0 Å². The minimum atomic E-state index is -0.284. The van der Waals surface area contributed by atoms with Gasteiger partial charge in [0.15, 0.2) is 0 Å². The van der Waals surface area contributed by atoms with Gasteiger partial charge in [-0.3, -0.25) is 4.79 Å². The largest absolute Gasteiger partial charge is 0.333 e. The van der Waals surface area contributed by atoms with Gasteiger partial charge in [0.05, 0.1) is 6.04 Å². The lowest BCUT2D eigenvalue weighted by Crippen LogP contribution is -2.39. The molecule has 0 aromatic heterocycles. The maximum atomic E-state index is 12.3. The molecule has 5 nitrogen and oxygen atoms in total. The topological polar surface area (TPSA) is 61.4 Å². The van der Waals surface area contributed by atoms with Gasteiger partial charge >= 0.3 is 6.03 Å². The second-order valence-corrected chi connectivity index (χ2v) is 6.72. The molecule has 0 saturated carbocycles. The SMILES string of the molecule is Cc1ccc(N2C[C@H](NC(=O)Nc3cc(C)cc(C)c3)CC2=O)cc1. The van der Waals surface area contributed by atoms with E-state index in [1.54, 1.807) is 4.90 Å². The summed E-state index contributed by atoms with van der Waals surface area (Å²) in [7, 11) is 0. The summed E-state index contributed by atoms with van der Waals surface area (Å²) in [4.78, 5) is 26.2. The van der Waals surface area contributed by atoms with Crippen LogP contribution < -0.4 is 15.5 Å². The first-order valence-corrected chi connectivity index (χ1v) is 8.43. The van der Waals surface area contributed by atoms with Crippen molar-refractivity contribution in [3.63, 3.8) is 0 Å². The highest BCUT2D eigenvalue weighted by Gasteiger charge is 2.31. The molecule has 0 aliphatic carbocycles. The van der Waals surface area contributed by atoms with E-state index in [-0.39, 0.29) is 18.0 Å². The lowest BCUT2D eigenvalue weighted by Gasteiger charge is -2.17. The average molecular weight is 337 g/mol. The number of carbonyl (C=O) groups excluding carboxylic acids is 2. The Bertz CT molecular complexity index is 779. The summed E-state index contributed by atoms with van der Waals surface area (Å²) in [5, 5.41) is 5.74. The number of rotatable bonds is 3. The highest BCUT2D eigenvalue weighted by atomic mass is 16.2. The molecule has 5 heteroatoms. The molecule has 0 radical (unpaired) electrons. The Kier molecular flexibility index (Phi) is 4.74. The van der Waals surface area contributed by atoms with Crippen molar-refractivity contribution in [2.45, 2.75) is 33.2 Å². The molecule has 2 N–H and O–H groups in total. The fourth-order valence-electron chi connectivity index (χ4n) is 3.18. The highest BCUT2D eigenvalue weighted by molar-refractivity contribution is 5.97. The molecule has 0 spiro atoms. The maximum Gasteiger partial charge on any atom is 0.319 e. The predicted molar refractivity (Wildman–Crippen MR) is 100 cm³/mol. The molecule has 1 fully saturated rings. The molecule has 3 amide bonds. The van der Waals surface area contributed by atoms with Gasteiger partial charge in [0.1, 0.15) is 0 Å². The van der Waals surface area contributed by atoms with Crippen molar-refractivity contribution in [2.75, 3.05) is 16.8 Å². The van der Waals surface area contributed by atoms with Gasteiger partial charge in [-0.2, -0.15) is 0 Å². The van der Waals surface area contributed by atoms with E-state index >= 15 is 0 Å². The molecule has 0 unspecified atom stereocenters. The summed E-state index contributed by atoms with van der Waals surface area (Å²) in [6.07, 6.45) is 0.314. The standard InChI is InChI=1S/C20H23N3O2/c1-13-4-6-18(7-5-13)23-12-17(11-19(23)24)22-20(25)21-16-9-14(2)8-15(3)10-16/h4-10,17H,11-12H2,1-3H3,(H2,21,22,25)/t17-/m1/s1. The first kappa shape index (κ1) is 17.0. The molecule has 1 aliphatic heterocycles. The molecular formula is C20H23N3O2. The van der Waals surface area contributed by atoms with Crippen LogP contribution in [0.25, 0.3) is 0 Å². The van der Waals surface area contributed by atoms with E-state index in [0.29, 0.717) is 13.0 Å². The Balaban J connectivity index is 1.61. The predicted octanol–water partition coefficient (Wildman–Crippen LogP) is 3.54.